The van der Waals surface area contributed by atoms with Gasteiger partial charge in [-0.15, -0.1) is 10.2 Å². The van der Waals surface area contributed by atoms with E-state index in [1.54, 1.807) is 22.6 Å². The second-order valence-electron chi connectivity index (χ2n) is 2.48. The third kappa shape index (κ3) is 1.74. The van der Waals surface area contributed by atoms with E-state index in [0.717, 1.165) is 18.2 Å². The maximum absolute atomic E-state index is 13.2. The van der Waals surface area contributed by atoms with Crippen LogP contribution < -0.4 is 0 Å². The first-order valence-electron chi connectivity index (χ1n) is 3.61. The molecule has 0 saturated carbocycles. The highest BCUT2D eigenvalue weighted by Crippen LogP contribution is 2.22. The summed E-state index contributed by atoms with van der Waals surface area (Å²) in [5.41, 5.74) is -0.0274. The Labute approximate surface area is 91.3 Å². The lowest BCUT2D eigenvalue weighted by Gasteiger charge is -1.96. The molecule has 0 atom stereocenters. The van der Waals surface area contributed by atoms with Crippen molar-refractivity contribution in [3.05, 3.63) is 33.7 Å². The Bertz CT molecular complexity index is 472. The summed E-state index contributed by atoms with van der Waals surface area (Å²) in [6, 6.07) is 3.06. The largest absolute Gasteiger partial charge is 0.412 e. The molecule has 0 bridgehead atoms. The van der Waals surface area contributed by atoms with Gasteiger partial charge >= 0.3 is 0 Å². The minimum atomic E-state index is -0.591. The molecule has 2 aromatic rings. The first kappa shape index (κ1) is 9.50. The minimum Gasteiger partial charge on any atom is -0.412 e. The van der Waals surface area contributed by atoms with E-state index < -0.39 is 11.6 Å². The Morgan fingerprint density at radius 1 is 1.21 bits per heavy atom. The van der Waals surface area contributed by atoms with Crippen LogP contribution >= 0.6 is 22.6 Å². The van der Waals surface area contributed by atoms with Gasteiger partial charge in [0.1, 0.15) is 11.6 Å². The van der Waals surface area contributed by atoms with Gasteiger partial charge in [-0.1, -0.05) is 0 Å². The predicted molar refractivity (Wildman–Crippen MR) is 52.4 cm³/mol. The van der Waals surface area contributed by atoms with Crippen LogP contribution in [-0.4, -0.2) is 10.2 Å². The topological polar surface area (TPSA) is 38.9 Å². The average molecular weight is 308 g/mol. The smallest absolute Gasteiger partial charge is 0.278 e. The standard InChI is InChI=1S/C8H3F2IN2O/c9-4-1-2-6(10)5(3-4)7-12-13-8(11)14-7/h1-3H. The molecule has 2 rings (SSSR count). The molecule has 72 valence electrons. The van der Waals surface area contributed by atoms with Crippen LogP contribution in [0.5, 0.6) is 0 Å². The quantitative estimate of drug-likeness (QED) is 0.760. The molecule has 0 fully saturated rings. The first-order chi connectivity index (χ1) is 6.66. The van der Waals surface area contributed by atoms with Crippen LogP contribution in [-0.2, 0) is 0 Å². The summed E-state index contributed by atoms with van der Waals surface area (Å²) in [4.78, 5) is 0. The van der Waals surface area contributed by atoms with Crippen molar-refractivity contribution in [3.63, 3.8) is 0 Å². The second-order valence-corrected chi connectivity index (χ2v) is 3.41. The van der Waals surface area contributed by atoms with Crippen molar-refractivity contribution in [1.29, 1.82) is 0 Å². The fourth-order valence-corrected chi connectivity index (χ4v) is 1.29. The molecule has 1 heterocycles. The Morgan fingerprint density at radius 3 is 2.64 bits per heavy atom. The number of halogens is 3. The van der Waals surface area contributed by atoms with Gasteiger partial charge in [0.05, 0.1) is 5.56 Å². The lowest BCUT2D eigenvalue weighted by atomic mass is 10.2. The van der Waals surface area contributed by atoms with Crippen LogP contribution in [0.3, 0.4) is 0 Å². The SMILES string of the molecule is Fc1ccc(F)c(-c2nnc(I)o2)c1. The summed E-state index contributed by atoms with van der Waals surface area (Å²) in [5, 5.41) is 7.10. The van der Waals surface area contributed by atoms with Gasteiger partial charge in [0.15, 0.2) is 0 Å². The number of nitrogens with zero attached hydrogens (tertiary/aromatic N) is 2. The van der Waals surface area contributed by atoms with Crippen molar-refractivity contribution in [1.82, 2.24) is 10.2 Å². The molecule has 1 aromatic carbocycles. The minimum absolute atomic E-state index is 0.0219. The highest BCUT2D eigenvalue weighted by molar-refractivity contribution is 14.1. The molecule has 0 N–H and O–H groups in total. The van der Waals surface area contributed by atoms with Crippen LogP contribution in [0.25, 0.3) is 11.5 Å². The molecule has 6 heteroatoms. The Kier molecular flexibility index (Phi) is 2.44. The molecule has 0 unspecified atom stereocenters. The van der Waals surface area contributed by atoms with Crippen molar-refractivity contribution in [2.24, 2.45) is 0 Å². The van der Waals surface area contributed by atoms with E-state index in [9.17, 15) is 8.78 Å². The molecule has 14 heavy (non-hydrogen) atoms. The lowest BCUT2D eigenvalue weighted by Crippen LogP contribution is -1.86. The molecule has 1 aromatic heterocycles. The molecule has 3 nitrogen and oxygen atoms in total. The normalized spacial score (nSPS) is 10.5. The van der Waals surface area contributed by atoms with Gasteiger partial charge in [0, 0.05) is 22.6 Å². The third-order valence-corrected chi connectivity index (χ3v) is 2.00. The molecule has 0 spiro atoms. The molecule has 0 amide bonds. The summed E-state index contributed by atoms with van der Waals surface area (Å²) in [6.07, 6.45) is 0. The van der Waals surface area contributed by atoms with E-state index in [-0.39, 0.29) is 15.4 Å². The van der Waals surface area contributed by atoms with E-state index in [0.29, 0.717) is 0 Å². The van der Waals surface area contributed by atoms with Gasteiger partial charge in [0.2, 0.25) is 0 Å². The molecule has 0 saturated heterocycles. The maximum Gasteiger partial charge on any atom is 0.278 e. The van der Waals surface area contributed by atoms with Crippen LogP contribution in [0, 0.1) is 15.5 Å². The molecule has 0 aliphatic heterocycles. The van der Waals surface area contributed by atoms with Crippen LogP contribution in [0.4, 0.5) is 8.78 Å². The Morgan fingerprint density at radius 2 is 2.00 bits per heavy atom. The Balaban J connectivity index is 2.55. The van der Waals surface area contributed by atoms with E-state index >= 15 is 0 Å². The maximum atomic E-state index is 13.2. The van der Waals surface area contributed by atoms with Gasteiger partial charge in [-0.05, 0) is 18.2 Å². The first-order valence-corrected chi connectivity index (χ1v) is 4.69. The summed E-state index contributed by atoms with van der Waals surface area (Å²) >= 11 is 1.79. The fraction of sp³-hybridized carbons (Fsp3) is 0. The van der Waals surface area contributed by atoms with Crippen molar-refractivity contribution in [2.75, 3.05) is 0 Å². The molecular weight excluding hydrogens is 305 g/mol. The lowest BCUT2D eigenvalue weighted by molar-refractivity contribution is 0.527. The van der Waals surface area contributed by atoms with Gasteiger partial charge < -0.3 is 4.42 Å². The highest BCUT2D eigenvalue weighted by atomic mass is 127. The number of hydrogen-bond donors (Lipinski definition) is 0. The predicted octanol–water partition coefficient (Wildman–Crippen LogP) is 2.62. The second kappa shape index (κ2) is 3.60. The summed E-state index contributed by atoms with van der Waals surface area (Å²) in [6.45, 7) is 0. The molecule has 0 aliphatic carbocycles. The number of benzene rings is 1. The van der Waals surface area contributed by atoms with E-state index in [1.165, 1.54) is 0 Å². The van der Waals surface area contributed by atoms with Gasteiger partial charge in [-0.2, -0.15) is 0 Å². The highest BCUT2D eigenvalue weighted by Gasteiger charge is 2.12. The van der Waals surface area contributed by atoms with E-state index in [2.05, 4.69) is 10.2 Å². The number of rotatable bonds is 1. The Hall–Kier alpha value is -1.05. The molecule has 0 aliphatic rings. The molecular formula is C8H3F2IN2O. The van der Waals surface area contributed by atoms with Crippen molar-refractivity contribution in [2.45, 2.75) is 0 Å². The summed E-state index contributed by atoms with van der Waals surface area (Å²) in [7, 11) is 0. The zero-order valence-corrected chi connectivity index (χ0v) is 8.83. The molecule has 0 radical (unpaired) electrons. The average Bonchev–Trinajstić information content (AvgIpc) is 2.56. The van der Waals surface area contributed by atoms with E-state index in [1.807, 2.05) is 0 Å². The monoisotopic (exact) mass is 308 g/mol. The fourth-order valence-electron chi connectivity index (χ4n) is 0.976. The number of aromatic nitrogens is 2. The van der Waals surface area contributed by atoms with Gasteiger partial charge in [-0.3, -0.25) is 0 Å². The van der Waals surface area contributed by atoms with Crippen LogP contribution in [0.1, 0.15) is 0 Å². The van der Waals surface area contributed by atoms with Crippen molar-refractivity contribution >= 4 is 22.6 Å². The van der Waals surface area contributed by atoms with Crippen molar-refractivity contribution in [3.8, 4) is 11.5 Å². The summed E-state index contributed by atoms with van der Waals surface area (Å²) < 4.78 is 31.2. The van der Waals surface area contributed by atoms with E-state index in [4.69, 9.17) is 4.42 Å². The summed E-state index contributed by atoms with van der Waals surface area (Å²) in [5.74, 6) is -1.16. The number of hydrogen-bond acceptors (Lipinski definition) is 3. The zero-order chi connectivity index (χ0) is 10.1. The van der Waals surface area contributed by atoms with Crippen LogP contribution in [0.2, 0.25) is 0 Å². The van der Waals surface area contributed by atoms with Crippen molar-refractivity contribution < 1.29 is 13.2 Å². The van der Waals surface area contributed by atoms with Gasteiger partial charge in [0.25, 0.3) is 9.79 Å². The zero-order valence-electron chi connectivity index (χ0n) is 6.67. The van der Waals surface area contributed by atoms with Crippen LogP contribution in [0.15, 0.2) is 22.6 Å². The third-order valence-electron chi connectivity index (χ3n) is 1.56. The van der Waals surface area contributed by atoms with Gasteiger partial charge in [-0.25, -0.2) is 8.78 Å².